The topological polar surface area (TPSA) is 32.9 Å². The van der Waals surface area contributed by atoms with E-state index in [-0.39, 0.29) is 11.0 Å². The fourth-order valence-corrected chi connectivity index (χ4v) is 1.89. The van der Waals surface area contributed by atoms with Gasteiger partial charge in [0.25, 0.3) is 0 Å². The van der Waals surface area contributed by atoms with Gasteiger partial charge in [-0.15, -0.1) is 0 Å². The second kappa shape index (κ2) is 3.48. The van der Waals surface area contributed by atoms with E-state index in [1.807, 2.05) is 13.0 Å². The van der Waals surface area contributed by atoms with Crippen LogP contribution in [0, 0.1) is 6.92 Å². The minimum absolute atomic E-state index is 0.0338. The molecule has 1 N–H and O–H groups in total. The molecule has 2 nitrogen and oxygen atoms in total. The van der Waals surface area contributed by atoms with Crippen molar-refractivity contribution < 1.29 is 0 Å². The van der Waals surface area contributed by atoms with Crippen molar-refractivity contribution in [1.82, 2.24) is 4.98 Å². The molecule has 0 saturated heterocycles. The number of nitrogens with one attached hydrogen (secondary N) is 1. The third kappa shape index (κ3) is 1.87. The molecule has 2 rings (SSSR count). The lowest BCUT2D eigenvalue weighted by molar-refractivity contribution is 0.591. The maximum absolute atomic E-state index is 11.3. The molecular weight excluding hydrogens is 198 g/mol. The minimum Gasteiger partial charge on any atom is -0.322 e. The van der Waals surface area contributed by atoms with Gasteiger partial charge in [0.15, 0.2) is 0 Å². The molecule has 84 valence electrons. The Balaban J connectivity index is 2.76. The van der Waals surface area contributed by atoms with Crippen molar-refractivity contribution in [3.63, 3.8) is 0 Å². The number of aryl methyl sites for hydroxylation is 1. The second-order valence-electron chi connectivity index (χ2n) is 5.33. The zero-order valence-corrected chi connectivity index (χ0v) is 10.2. The van der Waals surface area contributed by atoms with Crippen LogP contribution in [0.25, 0.3) is 10.9 Å². The highest BCUT2D eigenvalue weighted by atomic mass is 16.1. The third-order valence-corrected chi connectivity index (χ3v) is 2.92. The van der Waals surface area contributed by atoms with E-state index >= 15 is 0 Å². The van der Waals surface area contributed by atoms with E-state index in [2.05, 4.69) is 37.9 Å². The quantitative estimate of drug-likeness (QED) is 0.719. The summed E-state index contributed by atoms with van der Waals surface area (Å²) in [6.07, 6.45) is 0. The summed E-state index contributed by atoms with van der Waals surface area (Å²) in [6.45, 7) is 8.55. The van der Waals surface area contributed by atoms with Gasteiger partial charge in [0, 0.05) is 17.0 Å². The Bertz CT molecular complexity index is 588. The minimum atomic E-state index is -0.0338. The van der Waals surface area contributed by atoms with Crippen molar-refractivity contribution in [2.24, 2.45) is 0 Å². The van der Waals surface area contributed by atoms with Crippen molar-refractivity contribution in [2.45, 2.75) is 33.1 Å². The van der Waals surface area contributed by atoms with E-state index in [4.69, 9.17) is 0 Å². The Morgan fingerprint density at radius 1 is 1.12 bits per heavy atom. The number of H-pyrrole nitrogens is 1. The lowest BCUT2D eigenvalue weighted by atomic mass is 9.86. The largest absolute Gasteiger partial charge is 0.322 e. The highest BCUT2D eigenvalue weighted by molar-refractivity contribution is 5.82. The van der Waals surface area contributed by atoms with Crippen molar-refractivity contribution in [1.29, 1.82) is 0 Å². The third-order valence-electron chi connectivity index (χ3n) is 2.92. The van der Waals surface area contributed by atoms with Crippen molar-refractivity contribution >= 4 is 10.9 Å². The summed E-state index contributed by atoms with van der Waals surface area (Å²) in [5, 5.41) is 1.13. The Kier molecular flexibility index (Phi) is 2.38. The summed E-state index contributed by atoms with van der Waals surface area (Å²) in [6, 6.07) is 7.89. The summed E-state index contributed by atoms with van der Waals surface area (Å²) < 4.78 is 0. The molecule has 0 aliphatic carbocycles. The Morgan fingerprint density at radius 2 is 1.81 bits per heavy atom. The van der Waals surface area contributed by atoms with Crippen LogP contribution in [-0.4, -0.2) is 4.98 Å². The van der Waals surface area contributed by atoms with Crippen LogP contribution in [0.3, 0.4) is 0 Å². The molecule has 0 fully saturated rings. The molecule has 0 aliphatic rings. The van der Waals surface area contributed by atoms with E-state index in [1.54, 1.807) is 6.07 Å². The predicted octanol–water partition coefficient (Wildman–Crippen LogP) is 3.13. The first-order chi connectivity index (χ1) is 7.38. The SMILES string of the molecule is Cc1cc(=O)[nH]c2ccc(C(C)(C)C)cc12. The van der Waals surface area contributed by atoms with Crippen LogP contribution in [0.5, 0.6) is 0 Å². The Labute approximate surface area is 95.3 Å². The van der Waals surface area contributed by atoms with Gasteiger partial charge in [-0.1, -0.05) is 26.8 Å². The molecule has 0 atom stereocenters. The van der Waals surface area contributed by atoms with Gasteiger partial charge in [-0.3, -0.25) is 4.79 Å². The molecule has 2 aromatic rings. The normalized spacial score (nSPS) is 12.0. The molecule has 0 aliphatic heterocycles. The molecule has 1 heterocycles. The van der Waals surface area contributed by atoms with Crippen LogP contribution in [0.15, 0.2) is 29.1 Å². The lowest BCUT2D eigenvalue weighted by Crippen LogP contribution is -2.11. The molecule has 1 aromatic heterocycles. The second-order valence-corrected chi connectivity index (χ2v) is 5.33. The number of aromatic amines is 1. The van der Waals surface area contributed by atoms with Crippen molar-refractivity contribution in [2.75, 3.05) is 0 Å². The molecule has 0 radical (unpaired) electrons. The number of aromatic nitrogens is 1. The lowest BCUT2D eigenvalue weighted by Gasteiger charge is -2.19. The Morgan fingerprint density at radius 3 is 2.44 bits per heavy atom. The van der Waals surface area contributed by atoms with Gasteiger partial charge >= 0.3 is 0 Å². The van der Waals surface area contributed by atoms with E-state index < -0.39 is 0 Å². The van der Waals surface area contributed by atoms with Crippen LogP contribution >= 0.6 is 0 Å². The first kappa shape index (κ1) is 10.9. The van der Waals surface area contributed by atoms with Gasteiger partial charge in [-0.2, -0.15) is 0 Å². The van der Waals surface area contributed by atoms with Crippen LogP contribution in [-0.2, 0) is 5.41 Å². The molecule has 0 saturated carbocycles. The average Bonchev–Trinajstić information content (AvgIpc) is 2.15. The Hall–Kier alpha value is -1.57. The van der Waals surface area contributed by atoms with Crippen LogP contribution in [0.4, 0.5) is 0 Å². The smallest absolute Gasteiger partial charge is 0.248 e. The van der Waals surface area contributed by atoms with Gasteiger partial charge in [0.1, 0.15) is 0 Å². The fraction of sp³-hybridized carbons (Fsp3) is 0.357. The maximum atomic E-state index is 11.3. The first-order valence-electron chi connectivity index (χ1n) is 5.52. The van der Waals surface area contributed by atoms with E-state index in [1.165, 1.54) is 5.56 Å². The summed E-state index contributed by atoms with van der Waals surface area (Å²) in [4.78, 5) is 14.2. The standard InChI is InChI=1S/C14H17NO/c1-9-7-13(16)15-12-6-5-10(8-11(9)12)14(2,3)4/h5-8H,1-4H3,(H,15,16). The van der Waals surface area contributed by atoms with Crippen molar-refractivity contribution in [3.05, 3.63) is 45.7 Å². The number of pyridine rings is 1. The van der Waals surface area contributed by atoms with Gasteiger partial charge in [-0.25, -0.2) is 0 Å². The summed E-state index contributed by atoms with van der Waals surface area (Å²) in [5.74, 6) is 0. The predicted molar refractivity (Wildman–Crippen MR) is 68.0 cm³/mol. The van der Waals surface area contributed by atoms with Crippen LogP contribution in [0.1, 0.15) is 31.9 Å². The van der Waals surface area contributed by atoms with E-state index in [0.29, 0.717) is 0 Å². The highest BCUT2D eigenvalue weighted by Gasteiger charge is 2.14. The van der Waals surface area contributed by atoms with Gasteiger partial charge in [0.05, 0.1) is 0 Å². The number of hydrogen-bond acceptors (Lipinski definition) is 1. The molecule has 0 amide bonds. The van der Waals surface area contributed by atoms with Crippen molar-refractivity contribution in [3.8, 4) is 0 Å². The zero-order valence-electron chi connectivity index (χ0n) is 10.2. The number of rotatable bonds is 0. The maximum Gasteiger partial charge on any atom is 0.248 e. The molecule has 16 heavy (non-hydrogen) atoms. The summed E-state index contributed by atoms with van der Waals surface area (Å²) in [7, 11) is 0. The number of fused-ring (bicyclic) bond motifs is 1. The average molecular weight is 215 g/mol. The van der Waals surface area contributed by atoms with Gasteiger partial charge < -0.3 is 4.98 Å². The number of hydrogen-bond donors (Lipinski definition) is 1. The molecule has 1 aromatic carbocycles. The van der Waals surface area contributed by atoms with Crippen LogP contribution in [0.2, 0.25) is 0 Å². The zero-order chi connectivity index (χ0) is 11.9. The van der Waals surface area contributed by atoms with Gasteiger partial charge in [-0.05, 0) is 35.6 Å². The highest BCUT2D eigenvalue weighted by Crippen LogP contribution is 2.26. The molecule has 0 spiro atoms. The molecule has 2 heteroatoms. The molecule has 0 bridgehead atoms. The summed E-state index contributed by atoms with van der Waals surface area (Å²) >= 11 is 0. The van der Waals surface area contributed by atoms with Crippen LogP contribution < -0.4 is 5.56 Å². The first-order valence-corrected chi connectivity index (χ1v) is 5.52. The molecule has 0 unspecified atom stereocenters. The fourth-order valence-electron chi connectivity index (χ4n) is 1.89. The van der Waals surface area contributed by atoms with Gasteiger partial charge in [0.2, 0.25) is 5.56 Å². The van der Waals surface area contributed by atoms with E-state index in [0.717, 1.165) is 16.5 Å². The number of benzene rings is 1. The summed E-state index contributed by atoms with van der Waals surface area (Å²) in [5.41, 5.74) is 3.34. The monoisotopic (exact) mass is 215 g/mol. The molecular formula is C14H17NO. The van der Waals surface area contributed by atoms with E-state index in [9.17, 15) is 4.79 Å².